The van der Waals surface area contributed by atoms with Crippen LogP contribution in [0.15, 0.2) is 29.6 Å². The van der Waals surface area contributed by atoms with Gasteiger partial charge in [-0.05, 0) is 37.1 Å². The molecule has 6 nitrogen and oxygen atoms in total. The SMILES string of the molecule is CSCCC(NC(=O)c1csc(CCN)n1)c1nc2ccccc2[nH]1.Cl.Cl. The van der Waals surface area contributed by atoms with E-state index in [2.05, 4.69) is 26.5 Å². The minimum atomic E-state index is -0.175. The van der Waals surface area contributed by atoms with Crippen LogP contribution in [0, 0.1) is 0 Å². The Morgan fingerprint density at radius 3 is 2.81 bits per heavy atom. The van der Waals surface area contributed by atoms with E-state index in [0.29, 0.717) is 18.7 Å². The van der Waals surface area contributed by atoms with Gasteiger partial charge in [0.1, 0.15) is 11.5 Å². The van der Waals surface area contributed by atoms with Gasteiger partial charge in [-0.1, -0.05) is 12.1 Å². The van der Waals surface area contributed by atoms with Gasteiger partial charge in [0.25, 0.3) is 5.91 Å². The maximum absolute atomic E-state index is 12.6. The number of hydrogen-bond acceptors (Lipinski definition) is 6. The number of halogens is 2. The smallest absolute Gasteiger partial charge is 0.271 e. The van der Waals surface area contributed by atoms with Crippen molar-refractivity contribution in [2.75, 3.05) is 18.6 Å². The number of aromatic nitrogens is 3. The second-order valence-electron chi connectivity index (χ2n) is 5.61. The Balaban J connectivity index is 0.00000182. The molecule has 148 valence electrons. The number of rotatable bonds is 8. The van der Waals surface area contributed by atoms with Crippen molar-refractivity contribution in [1.29, 1.82) is 0 Å². The number of carbonyl (C=O) groups excluding carboxylic acids is 1. The number of amides is 1. The number of fused-ring (bicyclic) bond motifs is 1. The molecule has 0 aliphatic rings. The van der Waals surface area contributed by atoms with Crippen LogP contribution < -0.4 is 11.1 Å². The highest BCUT2D eigenvalue weighted by molar-refractivity contribution is 7.98. The Morgan fingerprint density at radius 2 is 2.11 bits per heavy atom. The molecule has 0 aliphatic carbocycles. The molecule has 1 unspecified atom stereocenters. The molecule has 1 aromatic carbocycles. The van der Waals surface area contributed by atoms with Crippen LogP contribution in [0.3, 0.4) is 0 Å². The lowest BCUT2D eigenvalue weighted by Gasteiger charge is -2.15. The number of para-hydroxylation sites is 2. The zero-order valence-corrected chi connectivity index (χ0v) is 18.1. The Bertz CT molecular complexity index is 822. The van der Waals surface area contributed by atoms with E-state index in [9.17, 15) is 4.79 Å². The molecule has 0 radical (unpaired) electrons. The third kappa shape index (κ3) is 6.08. The average molecular weight is 448 g/mol. The molecular weight excluding hydrogens is 425 g/mol. The zero-order valence-electron chi connectivity index (χ0n) is 14.8. The summed E-state index contributed by atoms with van der Waals surface area (Å²) < 4.78 is 0. The molecular formula is C17H23Cl2N5OS2. The normalized spacial score (nSPS) is 11.5. The number of nitrogens with one attached hydrogen (secondary N) is 2. The summed E-state index contributed by atoms with van der Waals surface area (Å²) in [5.41, 5.74) is 7.86. The van der Waals surface area contributed by atoms with Crippen molar-refractivity contribution in [1.82, 2.24) is 20.3 Å². The van der Waals surface area contributed by atoms with Gasteiger partial charge in [-0.15, -0.1) is 36.2 Å². The highest BCUT2D eigenvalue weighted by Gasteiger charge is 2.20. The van der Waals surface area contributed by atoms with E-state index in [0.717, 1.165) is 34.0 Å². The van der Waals surface area contributed by atoms with E-state index >= 15 is 0 Å². The van der Waals surface area contributed by atoms with Gasteiger partial charge >= 0.3 is 0 Å². The molecule has 0 bridgehead atoms. The summed E-state index contributed by atoms with van der Waals surface area (Å²) in [7, 11) is 0. The third-order valence-corrected chi connectivity index (χ3v) is 5.35. The van der Waals surface area contributed by atoms with E-state index in [-0.39, 0.29) is 36.8 Å². The van der Waals surface area contributed by atoms with Gasteiger partial charge in [0.15, 0.2) is 0 Å². The quantitative estimate of drug-likeness (QED) is 0.490. The van der Waals surface area contributed by atoms with Gasteiger partial charge < -0.3 is 16.0 Å². The highest BCUT2D eigenvalue weighted by Crippen LogP contribution is 2.21. The molecule has 3 aromatic rings. The molecule has 27 heavy (non-hydrogen) atoms. The van der Waals surface area contributed by atoms with Crippen LogP contribution in [0.1, 0.15) is 33.8 Å². The monoisotopic (exact) mass is 447 g/mol. The number of imidazole rings is 1. The third-order valence-electron chi connectivity index (χ3n) is 3.80. The number of hydrogen-bond donors (Lipinski definition) is 3. The van der Waals surface area contributed by atoms with Crippen LogP contribution in [0.25, 0.3) is 11.0 Å². The first-order valence-corrected chi connectivity index (χ1v) is 10.4. The van der Waals surface area contributed by atoms with Crippen LogP contribution in [-0.4, -0.2) is 39.4 Å². The van der Waals surface area contributed by atoms with E-state index in [1.54, 1.807) is 17.1 Å². The molecule has 2 heterocycles. The largest absolute Gasteiger partial charge is 0.341 e. The summed E-state index contributed by atoms with van der Waals surface area (Å²) in [6.45, 7) is 0.532. The first-order chi connectivity index (χ1) is 12.2. The fourth-order valence-corrected chi connectivity index (χ4v) is 3.80. The van der Waals surface area contributed by atoms with Crippen LogP contribution in [0.5, 0.6) is 0 Å². The number of aromatic amines is 1. The molecule has 1 atom stereocenters. The molecule has 0 aliphatic heterocycles. The van der Waals surface area contributed by atoms with Crippen molar-refractivity contribution in [2.45, 2.75) is 18.9 Å². The van der Waals surface area contributed by atoms with Gasteiger partial charge in [-0.25, -0.2) is 9.97 Å². The van der Waals surface area contributed by atoms with Crippen molar-refractivity contribution >= 4 is 64.9 Å². The molecule has 0 saturated carbocycles. The minimum Gasteiger partial charge on any atom is -0.341 e. The maximum Gasteiger partial charge on any atom is 0.271 e. The Morgan fingerprint density at radius 1 is 1.33 bits per heavy atom. The molecule has 3 rings (SSSR count). The van der Waals surface area contributed by atoms with Crippen LogP contribution >= 0.6 is 47.9 Å². The predicted octanol–water partition coefficient (Wildman–Crippen LogP) is 3.59. The standard InChI is InChI=1S/C17H21N5OS2.2ClH/c1-24-9-7-13(16-20-11-4-2-3-5-12(11)21-16)22-17(23)14-10-25-15(19-14)6-8-18;;/h2-5,10,13H,6-9,18H2,1H3,(H,20,21)(H,22,23);2*1H. The second kappa shape index (κ2) is 11.5. The van der Waals surface area contributed by atoms with E-state index < -0.39 is 0 Å². The van der Waals surface area contributed by atoms with Crippen LogP contribution in [0.4, 0.5) is 0 Å². The zero-order chi connectivity index (χ0) is 17.6. The summed E-state index contributed by atoms with van der Waals surface area (Å²) >= 11 is 3.21. The fourth-order valence-electron chi connectivity index (χ4n) is 2.54. The van der Waals surface area contributed by atoms with Gasteiger partial charge in [0.2, 0.25) is 0 Å². The van der Waals surface area contributed by atoms with Gasteiger partial charge in [-0.3, -0.25) is 4.79 Å². The molecule has 2 aromatic heterocycles. The summed E-state index contributed by atoms with van der Waals surface area (Å²) in [5.74, 6) is 1.53. The van der Waals surface area contributed by atoms with Gasteiger partial charge in [0.05, 0.1) is 22.1 Å². The first-order valence-electron chi connectivity index (χ1n) is 8.10. The number of thiazole rings is 1. The number of nitrogens with zero attached hydrogens (tertiary/aromatic N) is 2. The molecule has 10 heteroatoms. The Kier molecular flexibility index (Phi) is 10.1. The van der Waals surface area contributed by atoms with E-state index in [1.165, 1.54) is 11.3 Å². The van der Waals surface area contributed by atoms with Gasteiger partial charge in [0, 0.05) is 11.8 Å². The fraction of sp³-hybridized carbons (Fsp3) is 0.353. The first kappa shape index (κ1) is 23.7. The molecule has 0 spiro atoms. The van der Waals surface area contributed by atoms with Crippen molar-refractivity contribution < 1.29 is 4.79 Å². The van der Waals surface area contributed by atoms with Crippen molar-refractivity contribution in [3.05, 3.63) is 46.2 Å². The van der Waals surface area contributed by atoms with Gasteiger partial charge in [-0.2, -0.15) is 11.8 Å². The molecule has 4 N–H and O–H groups in total. The minimum absolute atomic E-state index is 0. The summed E-state index contributed by atoms with van der Waals surface area (Å²) in [4.78, 5) is 24.9. The lowest BCUT2D eigenvalue weighted by molar-refractivity contribution is 0.0929. The average Bonchev–Trinajstić information content (AvgIpc) is 3.25. The van der Waals surface area contributed by atoms with E-state index in [1.807, 2.05) is 24.3 Å². The lowest BCUT2D eigenvalue weighted by Crippen LogP contribution is -2.30. The topological polar surface area (TPSA) is 96.7 Å². The summed E-state index contributed by atoms with van der Waals surface area (Å²) in [6.07, 6.45) is 3.54. The molecule has 1 amide bonds. The maximum atomic E-state index is 12.6. The Hall–Kier alpha value is -1.32. The lowest BCUT2D eigenvalue weighted by atomic mass is 10.2. The summed E-state index contributed by atoms with van der Waals surface area (Å²) in [5, 5.41) is 5.74. The van der Waals surface area contributed by atoms with Crippen molar-refractivity contribution in [3.63, 3.8) is 0 Å². The number of nitrogens with two attached hydrogens (primary N) is 1. The number of carbonyl (C=O) groups is 1. The predicted molar refractivity (Wildman–Crippen MR) is 119 cm³/mol. The molecule has 0 fully saturated rings. The number of H-pyrrole nitrogens is 1. The number of benzene rings is 1. The molecule has 0 saturated heterocycles. The van der Waals surface area contributed by atoms with Crippen molar-refractivity contribution in [3.8, 4) is 0 Å². The summed E-state index contributed by atoms with van der Waals surface area (Å²) in [6, 6.07) is 7.69. The highest BCUT2D eigenvalue weighted by atomic mass is 35.5. The van der Waals surface area contributed by atoms with Crippen LogP contribution in [0.2, 0.25) is 0 Å². The second-order valence-corrected chi connectivity index (χ2v) is 7.54. The van der Waals surface area contributed by atoms with Crippen LogP contribution in [-0.2, 0) is 6.42 Å². The number of thioether (sulfide) groups is 1. The Labute approximate surface area is 178 Å². The van der Waals surface area contributed by atoms with Crippen molar-refractivity contribution in [2.24, 2.45) is 5.73 Å². The van der Waals surface area contributed by atoms with E-state index in [4.69, 9.17) is 5.73 Å².